The van der Waals surface area contributed by atoms with E-state index in [-0.39, 0.29) is 23.8 Å². The number of pyridine rings is 1. The largest absolute Gasteiger partial charge is 0.480 e. The number of aromatic nitrogens is 2. The molecule has 0 radical (unpaired) electrons. The van der Waals surface area contributed by atoms with Gasteiger partial charge in [0.25, 0.3) is 0 Å². The van der Waals surface area contributed by atoms with Crippen LogP contribution in [0.2, 0.25) is 5.02 Å². The number of hydrogen-bond donors (Lipinski definition) is 0. The van der Waals surface area contributed by atoms with E-state index < -0.39 is 5.97 Å². The topological polar surface area (TPSA) is 81.6 Å². The molecule has 0 aliphatic heterocycles. The van der Waals surface area contributed by atoms with E-state index >= 15 is 0 Å². The molecule has 1 amide bonds. The van der Waals surface area contributed by atoms with Crippen molar-refractivity contribution < 1.29 is 19.1 Å². The number of nitrogens with zero attached hydrogens (tertiary/aromatic N) is 3. The zero-order chi connectivity index (χ0) is 19.6. The molecule has 2 aromatic heterocycles. The van der Waals surface area contributed by atoms with Crippen LogP contribution in [0, 0.1) is 0 Å². The molecule has 9 heteroatoms. The molecule has 0 atom stereocenters. The minimum absolute atomic E-state index is 0.0703. The highest BCUT2D eigenvalue weighted by Gasteiger charge is 2.20. The Morgan fingerprint density at radius 3 is 2.67 bits per heavy atom. The zero-order valence-corrected chi connectivity index (χ0v) is 16.4. The van der Waals surface area contributed by atoms with Crippen LogP contribution in [0.3, 0.4) is 0 Å². The number of benzene rings is 1. The Balaban J connectivity index is 2.04. The number of amides is 1. The molecule has 3 aromatic rings. The van der Waals surface area contributed by atoms with Crippen molar-refractivity contribution in [1.82, 2.24) is 9.97 Å². The third-order valence-corrected chi connectivity index (χ3v) is 5.01. The van der Waals surface area contributed by atoms with E-state index in [0.717, 1.165) is 0 Å². The number of carbonyl (C=O) groups excluding carboxylic acids is 2. The Morgan fingerprint density at radius 1 is 1.26 bits per heavy atom. The van der Waals surface area contributed by atoms with Gasteiger partial charge in [-0.1, -0.05) is 11.6 Å². The molecule has 7 nitrogen and oxygen atoms in total. The molecular weight excluding hydrogens is 390 g/mol. The fourth-order valence-corrected chi connectivity index (χ4v) is 3.49. The van der Waals surface area contributed by atoms with Gasteiger partial charge >= 0.3 is 5.97 Å². The minimum Gasteiger partial charge on any atom is -0.480 e. The smallest absolute Gasteiger partial charge is 0.343 e. The molecular formula is C18H16ClN3O4S. The molecule has 0 unspecified atom stereocenters. The van der Waals surface area contributed by atoms with E-state index in [1.807, 2.05) is 0 Å². The van der Waals surface area contributed by atoms with Crippen LogP contribution in [0.25, 0.3) is 10.9 Å². The Hall–Kier alpha value is -2.71. The lowest BCUT2D eigenvalue weighted by molar-refractivity contribution is -0.117. The molecule has 0 spiro atoms. The van der Waals surface area contributed by atoms with Gasteiger partial charge in [0.15, 0.2) is 5.13 Å². The number of ether oxygens (including phenoxy) is 2. The Bertz CT molecular complexity index is 1010. The summed E-state index contributed by atoms with van der Waals surface area (Å²) in [6.45, 7) is 0. The van der Waals surface area contributed by atoms with Gasteiger partial charge in [0.05, 0.1) is 26.2 Å². The van der Waals surface area contributed by atoms with Crippen molar-refractivity contribution in [2.24, 2.45) is 0 Å². The molecule has 0 N–H and O–H groups in total. The number of esters is 1. The monoisotopic (exact) mass is 405 g/mol. The van der Waals surface area contributed by atoms with E-state index in [0.29, 0.717) is 26.6 Å². The summed E-state index contributed by atoms with van der Waals surface area (Å²) in [5, 5.41) is 3.45. The lowest BCUT2D eigenvalue weighted by Crippen LogP contribution is -2.27. The summed E-state index contributed by atoms with van der Waals surface area (Å²) >= 11 is 7.59. The van der Waals surface area contributed by atoms with Crippen LogP contribution in [0.15, 0.2) is 29.8 Å². The van der Waals surface area contributed by atoms with Gasteiger partial charge in [-0.25, -0.2) is 14.8 Å². The molecule has 1 aromatic carbocycles. The average Bonchev–Trinajstić information content (AvgIpc) is 3.20. The normalized spacial score (nSPS) is 10.7. The number of fused-ring (bicyclic) bond motifs is 1. The number of thiazole rings is 1. The number of anilines is 1. The van der Waals surface area contributed by atoms with Crippen molar-refractivity contribution >= 4 is 50.8 Å². The lowest BCUT2D eigenvalue weighted by Gasteiger charge is -2.15. The van der Waals surface area contributed by atoms with Crippen molar-refractivity contribution in [3.8, 4) is 5.88 Å². The minimum atomic E-state index is -0.567. The van der Waals surface area contributed by atoms with Crippen molar-refractivity contribution in [2.45, 2.75) is 6.42 Å². The van der Waals surface area contributed by atoms with E-state index in [1.54, 1.807) is 36.8 Å². The number of hydrogen-bond acceptors (Lipinski definition) is 7. The zero-order valence-electron chi connectivity index (χ0n) is 14.9. The highest BCUT2D eigenvalue weighted by atomic mass is 35.5. The van der Waals surface area contributed by atoms with Crippen molar-refractivity contribution in [3.05, 3.63) is 45.9 Å². The summed E-state index contributed by atoms with van der Waals surface area (Å²) in [7, 11) is 4.36. The second kappa shape index (κ2) is 7.89. The first kappa shape index (κ1) is 19.1. The number of halogens is 1. The third kappa shape index (κ3) is 3.86. The van der Waals surface area contributed by atoms with Gasteiger partial charge in [0, 0.05) is 29.0 Å². The van der Waals surface area contributed by atoms with Crippen LogP contribution in [0.5, 0.6) is 5.88 Å². The van der Waals surface area contributed by atoms with E-state index in [1.165, 1.54) is 30.5 Å². The standard InChI is InChI=1S/C18H16ClN3O4S/c1-22(18-20-4-5-27-18)14(23)9-11-7-12(19)6-10-8-13(17(24)26-3)16(25-2)21-15(10)11/h4-8H,9H2,1-3H3. The quantitative estimate of drug-likeness (QED) is 0.605. The van der Waals surface area contributed by atoms with Gasteiger partial charge in [0.1, 0.15) is 5.56 Å². The van der Waals surface area contributed by atoms with E-state index in [4.69, 9.17) is 21.1 Å². The van der Waals surface area contributed by atoms with Crippen LogP contribution in [-0.4, -0.2) is 43.1 Å². The summed E-state index contributed by atoms with van der Waals surface area (Å²) in [5.41, 5.74) is 1.34. The maximum Gasteiger partial charge on any atom is 0.343 e. The average molecular weight is 406 g/mol. The summed E-state index contributed by atoms with van der Waals surface area (Å²) in [4.78, 5) is 34.7. The van der Waals surface area contributed by atoms with Gasteiger partial charge in [-0.15, -0.1) is 11.3 Å². The summed E-state index contributed by atoms with van der Waals surface area (Å²) < 4.78 is 9.99. The summed E-state index contributed by atoms with van der Waals surface area (Å²) in [5.74, 6) is -0.604. The first-order valence-electron chi connectivity index (χ1n) is 7.86. The van der Waals surface area contributed by atoms with E-state index in [9.17, 15) is 9.59 Å². The third-order valence-electron chi connectivity index (χ3n) is 3.95. The van der Waals surface area contributed by atoms with Crippen LogP contribution in [-0.2, 0) is 16.0 Å². The number of carbonyl (C=O) groups is 2. The Labute approximate surface area is 164 Å². The second-order valence-corrected chi connectivity index (χ2v) is 6.93. The highest BCUT2D eigenvalue weighted by Crippen LogP contribution is 2.29. The fourth-order valence-electron chi connectivity index (χ4n) is 2.62. The van der Waals surface area contributed by atoms with Crippen LogP contribution in [0.1, 0.15) is 15.9 Å². The molecule has 0 saturated heterocycles. The maximum absolute atomic E-state index is 12.7. The van der Waals surface area contributed by atoms with Crippen molar-refractivity contribution in [3.63, 3.8) is 0 Å². The first-order valence-corrected chi connectivity index (χ1v) is 9.12. The molecule has 27 heavy (non-hydrogen) atoms. The second-order valence-electron chi connectivity index (χ2n) is 5.62. The SMILES string of the molecule is COC(=O)c1cc2cc(Cl)cc(CC(=O)N(C)c3nccs3)c2nc1OC. The fraction of sp³-hybridized carbons (Fsp3) is 0.222. The molecule has 0 saturated carbocycles. The van der Waals surface area contributed by atoms with E-state index in [2.05, 4.69) is 9.97 Å². The molecule has 2 heterocycles. The Morgan fingerprint density at radius 2 is 2.04 bits per heavy atom. The van der Waals surface area contributed by atoms with Gasteiger partial charge in [-0.2, -0.15) is 0 Å². The maximum atomic E-state index is 12.7. The van der Waals surface area contributed by atoms with Crippen LogP contribution in [0.4, 0.5) is 5.13 Å². The molecule has 0 fully saturated rings. The van der Waals surface area contributed by atoms with Crippen LogP contribution >= 0.6 is 22.9 Å². The number of likely N-dealkylation sites (N-methyl/N-ethyl adjacent to an activating group) is 1. The molecule has 0 aliphatic carbocycles. The summed E-state index contributed by atoms with van der Waals surface area (Å²) in [6.07, 6.45) is 1.71. The molecule has 3 rings (SSSR count). The van der Waals surface area contributed by atoms with Gasteiger partial charge in [-0.05, 0) is 23.8 Å². The predicted octanol–water partition coefficient (Wildman–Crippen LogP) is 3.35. The molecule has 0 bridgehead atoms. The summed E-state index contributed by atoms with van der Waals surface area (Å²) in [6, 6.07) is 4.95. The van der Waals surface area contributed by atoms with Crippen LogP contribution < -0.4 is 9.64 Å². The van der Waals surface area contributed by atoms with Gasteiger partial charge < -0.3 is 9.47 Å². The molecule has 0 aliphatic rings. The first-order chi connectivity index (χ1) is 12.9. The lowest BCUT2D eigenvalue weighted by atomic mass is 10.0. The van der Waals surface area contributed by atoms with Gasteiger partial charge in [0.2, 0.25) is 11.8 Å². The predicted molar refractivity (Wildman–Crippen MR) is 104 cm³/mol. The highest BCUT2D eigenvalue weighted by molar-refractivity contribution is 7.13. The van der Waals surface area contributed by atoms with Gasteiger partial charge in [-0.3, -0.25) is 9.69 Å². The number of methoxy groups -OCH3 is 2. The molecule has 140 valence electrons. The Kier molecular flexibility index (Phi) is 5.57. The van der Waals surface area contributed by atoms with Crippen molar-refractivity contribution in [2.75, 3.05) is 26.2 Å². The number of rotatable bonds is 5. The van der Waals surface area contributed by atoms with Crippen molar-refractivity contribution in [1.29, 1.82) is 0 Å².